The first-order valence-electron chi connectivity index (χ1n) is 9.75. The molecule has 0 N–H and O–H groups in total. The molecule has 1 fully saturated rings. The summed E-state index contributed by atoms with van der Waals surface area (Å²) in [5.74, 6) is 2.59. The summed E-state index contributed by atoms with van der Waals surface area (Å²) < 4.78 is 11.2. The second kappa shape index (κ2) is 11.1. The van der Waals surface area contributed by atoms with Gasteiger partial charge in [0.1, 0.15) is 5.75 Å². The number of amides is 1. The van der Waals surface area contributed by atoms with Crippen LogP contribution in [0.4, 0.5) is 0 Å². The van der Waals surface area contributed by atoms with E-state index in [1.165, 1.54) is 0 Å². The lowest BCUT2D eigenvalue weighted by atomic mass is 10.1. The lowest BCUT2D eigenvalue weighted by molar-refractivity contribution is -0.133. The predicted molar refractivity (Wildman–Crippen MR) is 112 cm³/mol. The van der Waals surface area contributed by atoms with Gasteiger partial charge in [-0.25, -0.2) is 0 Å². The highest BCUT2D eigenvalue weighted by Crippen LogP contribution is 2.22. The van der Waals surface area contributed by atoms with Crippen molar-refractivity contribution in [1.82, 2.24) is 9.88 Å². The molecule has 2 heterocycles. The summed E-state index contributed by atoms with van der Waals surface area (Å²) in [5.41, 5.74) is 2.07. The molecule has 1 saturated heterocycles. The molecule has 1 aliphatic rings. The molecule has 2 aromatic rings. The standard InChI is InChI=1S/C22H28N2O3S/c1-26-21-10-3-2-7-18(21)15-24(16-20-9-6-13-27-20)22(25)11-14-28-17-19-8-4-5-12-23-19/h2-5,7-8,10,12,20H,6,9,11,13-17H2,1H3. The smallest absolute Gasteiger partial charge is 0.223 e. The summed E-state index contributed by atoms with van der Waals surface area (Å²) in [6.07, 6.45) is 4.54. The van der Waals surface area contributed by atoms with Crippen molar-refractivity contribution < 1.29 is 14.3 Å². The largest absolute Gasteiger partial charge is 0.496 e. The molecule has 0 aliphatic carbocycles. The van der Waals surface area contributed by atoms with Gasteiger partial charge in [-0.15, -0.1) is 0 Å². The minimum absolute atomic E-state index is 0.139. The van der Waals surface area contributed by atoms with E-state index in [1.54, 1.807) is 25.1 Å². The number of para-hydroxylation sites is 1. The highest BCUT2D eigenvalue weighted by Gasteiger charge is 2.23. The van der Waals surface area contributed by atoms with Crippen molar-refractivity contribution in [2.45, 2.75) is 37.7 Å². The summed E-state index contributed by atoms with van der Waals surface area (Å²) in [6.45, 7) is 1.98. The number of thioether (sulfide) groups is 1. The van der Waals surface area contributed by atoms with E-state index in [1.807, 2.05) is 47.4 Å². The Kier molecular flexibility index (Phi) is 8.18. The maximum Gasteiger partial charge on any atom is 0.223 e. The Balaban J connectivity index is 1.56. The van der Waals surface area contributed by atoms with Gasteiger partial charge in [0, 0.05) is 49.4 Å². The molecule has 1 aliphatic heterocycles. The molecule has 6 heteroatoms. The lowest BCUT2D eigenvalue weighted by Crippen LogP contribution is -2.37. The van der Waals surface area contributed by atoms with E-state index >= 15 is 0 Å². The quantitative estimate of drug-likeness (QED) is 0.566. The van der Waals surface area contributed by atoms with Crippen LogP contribution in [0.5, 0.6) is 5.75 Å². The number of methoxy groups -OCH3 is 1. The normalized spacial score (nSPS) is 16.1. The van der Waals surface area contributed by atoms with Crippen molar-refractivity contribution in [2.75, 3.05) is 26.0 Å². The highest BCUT2D eigenvalue weighted by molar-refractivity contribution is 7.98. The van der Waals surface area contributed by atoms with Gasteiger partial charge >= 0.3 is 0 Å². The molecule has 28 heavy (non-hydrogen) atoms. The number of aromatic nitrogens is 1. The van der Waals surface area contributed by atoms with Gasteiger partial charge in [-0.2, -0.15) is 11.8 Å². The van der Waals surface area contributed by atoms with Crippen LogP contribution < -0.4 is 4.74 Å². The Morgan fingerprint density at radius 3 is 2.89 bits per heavy atom. The summed E-state index contributed by atoms with van der Waals surface area (Å²) in [6, 6.07) is 13.8. The second-order valence-corrected chi connectivity index (χ2v) is 7.95. The molecule has 1 aromatic carbocycles. The summed E-state index contributed by atoms with van der Waals surface area (Å²) in [5, 5.41) is 0. The van der Waals surface area contributed by atoms with Crippen LogP contribution in [-0.4, -0.2) is 47.9 Å². The first kappa shape index (κ1) is 20.7. The third kappa shape index (κ3) is 6.24. The first-order chi connectivity index (χ1) is 13.8. The maximum absolute atomic E-state index is 12.9. The predicted octanol–water partition coefficient (Wildman–Crippen LogP) is 3.92. The van der Waals surface area contributed by atoms with Gasteiger partial charge in [-0.3, -0.25) is 9.78 Å². The van der Waals surface area contributed by atoms with Gasteiger partial charge in [0.15, 0.2) is 0 Å². The zero-order valence-corrected chi connectivity index (χ0v) is 17.2. The average molecular weight is 401 g/mol. The van der Waals surface area contributed by atoms with Crippen molar-refractivity contribution in [3.8, 4) is 5.75 Å². The molecule has 1 atom stereocenters. The number of pyridine rings is 1. The van der Waals surface area contributed by atoms with Crippen molar-refractivity contribution in [2.24, 2.45) is 0 Å². The van der Waals surface area contributed by atoms with E-state index in [0.717, 1.165) is 48.0 Å². The van der Waals surface area contributed by atoms with Crippen LogP contribution in [0.3, 0.4) is 0 Å². The number of hydrogen-bond donors (Lipinski definition) is 0. The van der Waals surface area contributed by atoms with Gasteiger partial charge in [0.2, 0.25) is 5.91 Å². The first-order valence-corrected chi connectivity index (χ1v) is 10.9. The van der Waals surface area contributed by atoms with E-state index in [-0.39, 0.29) is 12.0 Å². The number of carbonyl (C=O) groups is 1. The number of rotatable bonds is 10. The van der Waals surface area contributed by atoms with Crippen LogP contribution in [0.1, 0.15) is 30.5 Å². The van der Waals surface area contributed by atoms with Crippen molar-refractivity contribution in [3.63, 3.8) is 0 Å². The van der Waals surface area contributed by atoms with E-state index in [9.17, 15) is 4.79 Å². The Morgan fingerprint density at radius 2 is 2.14 bits per heavy atom. The molecule has 0 radical (unpaired) electrons. The number of carbonyl (C=O) groups excluding carboxylic acids is 1. The third-order valence-corrected chi connectivity index (χ3v) is 5.78. The fraction of sp³-hybridized carbons (Fsp3) is 0.455. The summed E-state index contributed by atoms with van der Waals surface area (Å²) in [7, 11) is 1.67. The van der Waals surface area contributed by atoms with Crippen molar-refractivity contribution >= 4 is 17.7 Å². The average Bonchev–Trinajstić information content (AvgIpc) is 3.25. The Labute approximate surface area is 171 Å². The van der Waals surface area contributed by atoms with Crippen LogP contribution in [0.15, 0.2) is 48.7 Å². The van der Waals surface area contributed by atoms with Crippen LogP contribution >= 0.6 is 11.8 Å². The number of ether oxygens (including phenoxy) is 2. The van der Waals surface area contributed by atoms with E-state index < -0.39 is 0 Å². The summed E-state index contributed by atoms with van der Waals surface area (Å²) in [4.78, 5) is 19.2. The molecule has 5 nitrogen and oxygen atoms in total. The van der Waals surface area contributed by atoms with Gasteiger partial charge < -0.3 is 14.4 Å². The van der Waals surface area contributed by atoms with Gasteiger partial charge in [-0.05, 0) is 31.0 Å². The number of benzene rings is 1. The van der Waals surface area contributed by atoms with Crippen LogP contribution in [0, 0.1) is 0 Å². The van der Waals surface area contributed by atoms with Gasteiger partial charge in [-0.1, -0.05) is 24.3 Å². The lowest BCUT2D eigenvalue weighted by Gasteiger charge is -2.26. The highest BCUT2D eigenvalue weighted by atomic mass is 32.2. The molecule has 1 aromatic heterocycles. The van der Waals surface area contributed by atoms with Crippen LogP contribution in [0.25, 0.3) is 0 Å². The molecule has 3 rings (SSSR count). The maximum atomic E-state index is 12.9. The third-order valence-electron chi connectivity index (χ3n) is 4.79. The van der Waals surface area contributed by atoms with E-state index in [4.69, 9.17) is 9.47 Å². The van der Waals surface area contributed by atoms with Crippen molar-refractivity contribution in [3.05, 3.63) is 59.9 Å². The number of hydrogen-bond acceptors (Lipinski definition) is 5. The van der Waals surface area contributed by atoms with E-state index in [0.29, 0.717) is 19.5 Å². The molecule has 0 bridgehead atoms. The van der Waals surface area contributed by atoms with Crippen LogP contribution in [0.2, 0.25) is 0 Å². The molecule has 1 unspecified atom stereocenters. The minimum Gasteiger partial charge on any atom is -0.496 e. The molecule has 0 saturated carbocycles. The van der Waals surface area contributed by atoms with Crippen molar-refractivity contribution in [1.29, 1.82) is 0 Å². The Morgan fingerprint density at radius 1 is 1.29 bits per heavy atom. The zero-order valence-electron chi connectivity index (χ0n) is 16.4. The monoisotopic (exact) mass is 400 g/mol. The molecular weight excluding hydrogens is 372 g/mol. The Bertz CT molecular complexity index is 736. The molecule has 1 amide bonds. The fourth-order valence-electron chi connectivity index (χ4n) is 3.31. The van der Waals surface area contributed by atoms with Crippen LogP contribution in [-0.2, 0) is 21.8 Å². The molecular formula is C22H28N2O3S. The molecule has 0 spiro atoms. The molecule has 150 valence electrons. The Hall–Kier alpha value is -2.05. The SMILES string of the molecule is COc1ccccc1CN(CC1CCCO1)C(=O)CCSCc1ccccn1. The number of nitrogens with zero attached hydrogens (tertiary/aromatic N) is 2. The summed E-state index contributed by atoms with van der Waals surface area (Å²) >= 11 is 1.74. The fourth-order valence-corrected chi connectivity index (χ4v) is 4.15. The van der Waals surface area contributed by atoms with Gasteiger partial charge in [0.25, 0.3) is 0 Å². The topological polar surface area (TPSA) is 51.7 Å². The second-order valence-electron chi connectivity index (χ2n) is 6.84. The minimum atomic E-state index is 0.139. The zero-order chi connectivity index (χ0) is 19.6. The van der Waals surface area contributed by atoms with Gasteiger partial charge in [0.05, 0.1) is 18.9 Å². The van der Waals surface area contributed by atoms with E-state index in [2.05, 4.69) is 4.98 Å².